The minimum absolute atomic E-state index is 0.268. The number of methoxy groups -OCH3 is 2. The van der Waals surface area contributed by atoms with Crippen molar-refractivity contribution < 1.29 is 28.5 Å². The molecule has 0 spiro atoms. The van der Waals surface area contributed by atoms with Gasteiger partial charge in [0.2, 0.25) is 0 Å². The Hall–Kier alpha value is -3.22. The molecule has 1 atom stereocenters. The van der Waals surface area contributed by atoms with Gasteiger partial charge in [0.05, 0.1) is 20.3 Å². The number of hydrogen-bond acceptors (Lipinski definition) is 6. The monoisotopic (exact) mass is 401 g/mol. The van der Waals surface area contributed by atoms with Crippen molar-refractivity contribution in [3.63, 3.8) is 0 Å². The van der Waals surface area contributed by atoms with Gasteiger partial charge in [-0.15, -0.1) is 0 Å². The number of rotatable bonds is 9. The van der Waals surface area contributed by atoms with Crippen LogP contribution in [0.4, 0.5) is 0 Å². The van der Waals surface area contributed by atoms with Crippen molar-refractivity contribution in [2.75, 3.05) is 27.4 Å². The van der Waals surface area contributed by atoms with Crippen molar-refractivity contribution in [3.8, 4) is 17.2 Å². The molecule has 0 aromatic heterocycles. The van der Waals surface area contributed by atoms with Gasteiger partial charge >= 0.3 is 5.97 Å². The topological polar surface area (TPSA) is 83.1 Å². The molecule has 0 saturated carbocycles. The van der Waals surface area contributed by atoms with Crippen LogP contribution in [0.1, 0.15) is 29.7 Å². The Kier molecular flexibility index (Phi) is 7.88. The van der Waals surface area contributed by atoms with Gasteiger partial charge in [0.1, 0.15) is 17.2 Å². The summed E-state index contributed by atoms with van der Waals surface area (Å²) >= 11 is 0. The minimum atomic E-state index is -0.620. The summed E-state index contributed by atoms with van der Waals surface area (Å²) in [6.45, 7) is 5.03. The standard InChI is InChI=1S/C22H27NO6/c1-14-8-15(2)10-18(9-14)28-13-22(25)29-12-21(24)23-16(3)19-11-17(26-4)6-7-20(19)27-5/h6-11,16H,12-13H2,1-5H3,(H,23,24)/t16-/m1/s1. The lowest BCUT2D eigenvalue weighted by molar-refractivity contribution is -0.150. The average molecular weight is 401 g/mol. The Morgan fingerprint density at radius 2 is 1.62 bits per heavy atom. The number of aryl methyl sites for hydroxylation is 2. The molecule has 0 unspecified atom stereocenters. The molecule has 1 amide bonds. The molecule has 156 valence electrons. The van der Waals surface area contributed by atoms with E-state index in [0.717, 1.165) is 16.7 Å². The average Bonchev–Trinajstić information content (AvgIpc) is 2.69. The molecule has 2 aromatic carbocycles. The molecular weight excluding hydrogens is 374 g/mol. The fraction of sp³-hybridized carbons (Fsp3) is 0.364. The summed E-state index contributed by atoms with van der Waals surface area (Å²) < 4.78 is 21.0. The van der Waals surface area contributed by atoms with E-state index in [1.54, 1.807) is 39.3 Å². The predicted molar refractivity (Wildman–Crippen MR) is 108 cm³/mol. The quantitative estimate of drug-likeness (QED) is 0.650. The highest BCUT2D eigenvalue weighted by Gasteiger charge is 2.16. The first-order valence-corrected chi connectivity index (χ1v) is 9.20. The Labute approximate surface area is 170 Å². The summed E-state index contributed by atoms with van der Waals surface area (Å²) in [5.41, 5.74) is 2.83. The number of carbonyl (C=O) groups excluding carboxylic acids is 2. The van der Waals surface area contributed by atoms with Gasteiger partial charge in [0, 0.05) is 5.56 Å². The van der Waals surface area contributed by atoms with E-state index in [4.69, 9.17) is 18.9 Å². The van der Waals surface area contributed by atoms with Crippen LogP contribution in [0.2, 0.25) is 0 Å². The maximum absolute atomic E-state index is 12.1. The normalized spacial score (nSPS) is 11.3. The van der Waals surface area contributed by atoms with Gasteiger partial charge in [-0.25, -0.2) is 4.79 Å². The second kappa shape index (κ2) is 10.4. The van der Waals surface area contributed by atoms with Crippen molar-refractivity contribution >= 4 is 11.9 Å². The zero-order valence-electron chi connectivity index (χ0n) is 17.4. The molecule has 0 saturated heterocycles. The number of nitrogens with one attached hydrogen (secondary N) is 1. The van der Waals surface area contributed by atoms with Crippen molar-refractivity contribution in [2.24, 2.45) is 0 Å². The smallest absolute Gasteiger partial charge is 0.344 e. The first kappa shape index (κ1) is 22.1. The molecule has 29 heavy (non-hydrogen) atoms. The molecule has 7 heteroatoms. The van der Waals surface area contributed by atoms with Crippen LogP contribution in [0, 0.1) is 13.8 Å². The highest BCUT2D eigenvalue weighted by Crippen LogP contribution is 2.29. The zero-order valence-corrected chi connectivity index (χ0v) is 17.4. The van der Waals surface area contributed by atoms with Crippen LogP contribution in [0.15, 0.2) is 36.4 Å². The highest BCUT2D eigenvalue weighted by molar-refractivity contribution is 5.81. The van der Waals surface area contributed by atoms with E-state index in [0.29, 0.717) is 17.2 Å². The number of benzene rings is 2. The molecule has 0 heterocycles. The fourth-order valence-electron chi connectivity index (χ4n) is 2.88. The van der Waals surface area contributed by atoms with Crippen molar-refractivity contribution in [1.29, 1.82) is 0 Å². The van der Waals surface area contributed by atoms with E-state index < -0.39 is 18.5 Å². The SMILES string of the molecule is COc1ccc(OC)c([C@@H](C)NC(=O)COC(=O)COc2cc(C)cc(C)c2)c1. The lowest BCUT2D eigenvalue weighted by Gasteiger charge is -2.18. The van der Waals surface area contributed by atoms with Gasteiger partial charge in [0.15, 0.2) is 13.2 Å². The van der Waals surface area contributed by atoms with Crippen LogP contribution in [-0.4, -0.2) is 39.3 Å². The number of carbonyl (C=O) groups is 2. The fourth-order valence-corrected chi connectivity index (χ4v) is 2.88. The number of esters is 1. The number of amides is 1. The third kappa shape index (κ3) is 6.71. The van der Waals surface area contributed by atoms with E-state index in [-0.39, 0.29) is 12.6 Å². The first-order valence-electron chi connectivity index (χ1n) is 9.20. The van der Waals surface area contributed by atoms with Gasteiger partial charge in [-0.2, -0.15) is 0 Å². The van der Waals surface area contributed by atoms with Crippen LogP contribution in [0.3, 0.4) is 0 Å². The Morgan fingerprint density at radius 1 is 0.931 bits per heavy atom. The van der Waals surface area contributed by atoms with E-state index in [9.17, 15) is 9.59 Å². The van der Waals surface area contributed by atoms with Crippen molar-refractivity contribution in [3.05, 3.63) is 53.1 Å². The summed E-state index contributed by atoms with van der Waals surface area (Å²) in [5, 5.41) is 2.77. The van der Waals surface area contributed by atoms with E-state index in [1.807, 2.05) is 32.0 Å². The maximum atomic E-state index is 12.1. The highest BCUT2D eigenvalue weighted by atomic mass is 16.6. The zero-order chi connectivity index (χ0) is 21.4. The van der Waals surface area contributed by atoms with Crippen molar-refractivity contribution in [2.45, 2.75) is 26.8 Å². The van der Waals surface area contributed by atoms with Gasteiger partial charge in [0.25, 0.3) is 5.91 Å². The van der Waals surface area contributed by atoms with Crippen LogP contribution in [0.5, 0.6) is 17.2 Å². The van der Waals surface area contributed by atoms with Gasteiger partial charge in [-0.1, -0.05) is 6.07 Å². The van der Waals surface area contributed by atoms with Gasteiger partial charge in [-0.3, -0.25) is 4.79 Å². The Morgan fingerprint density at radius 3 is 2.24 bits per heavy atom. The number of hydrogen-bond donors (Lipinski definition) is 1. The van der Waals surface area contributed by atoms with Gasteiger partial charge in [-0.05, 0) is 62.2 Å². The van der Waals surface area contributed by atoms with Crippen LogP contribution in [0.25, 0.3) is 0 Å². The second-order valence-electron chi connectivity index (χ2n) is 6.67. The molecule has 2 aromatic rings. The molecule has 0 bridgehead atoms. The largest absolute Gasteiger partial charge is 0.497 e. The van der Waals surface area contributed by atoms with Crippen LogP contribution < -0.4 is 19.5 Å². The molecule has 0 aliphatic rings. The molecule has 7 nitrogen and oxygen atoms in total. The summed E-state index contributed by atoms with van der Waals surface area (Å²) in [5.74, 6) is 0.810. The Bertz CT molecular complexity index is 844. The molecule has 0 fully saturated rings. The molecule has 2 rings (SSSR count). The second-order valence-corrected chi connectivity index (χ2v) is 6.67. The lowest BCUT2D eigenvalue weighted by Crippen LogP contribution is -2.32. The summed E-state index contributed by atoms with van der Waals surface area (Å²) in [7, 11) is 3.12. The van der Waals surface area contributed by atoms with E-state index in [2.05, 4.69) is 5.32 Å². The predicted octanol–water partition coefficient (Wildman–Crippen LogP) is 3.12. The summed E-state index contributed by atoms with van der Waals surface area (Å²) in [4.78, 5) is 24.0. The molecule has 1 N–H and O–H groups in total. The van der Waals surface area contributed by atoms with Gasteiger partial charge < -0.3 is 24.3 Å². The molecular formula is C22H27NO6. The minimum Gasteiger partial charge on any atom is -0.497 e. The summed E-state index contributed by atoms with van der Waals surface area (Å²) in [6.07, 6.45) is 0. The third-order valence-corrected chi connectivity index (χ3v) is 4.20. The number of ether oxygens (including phenoxy) is 4. The lowest BCUT2D eigenvalue weighted by atomic mass is 10.1. The van der Waals surface area contributed by atoms with E-state index in [1.165, 1.54) is 0 Å². The molecule has 0 aliphatic carbocycles. The van der Waals surface area contributed by atoms with Crippen LogP contribution >= 0.6 is 0 Å². The molecule has 0 aliphatic heterocycles. The molecule has 0 radical (unpaired) electrons. The van der Waals surface area contributed by atoms with Crippen LogP contribution in [-0.2, 0) is 14.3 Å². The first-order chi connectivity index (χ1) is 13.8. The van der Waals surface area contributed by atoms with Crippen molar-refractivity contribution in [1.82, 2.24) is 5.32 Å². The third-order valence-electron chi connectivity index (χ3n) is 4.20. The van der Waals surface area contributed by atoms with E-state index >= 15 is 0 Å². The maximum Gasteiger partial charge on any atom is 0.344 e. The Balaban J connectivity index is 1.83. The summed E-state index contributed by atoms with van der Waals surface area (Å²) in [6, 6.07) is 10.6.